The van der Waals surface area contributed by atoms with Crippen molar-refractivity contribution in [3.63, 3.8) is 0 Å². The maximum absolute atomic E-state index is 11.2. The molecule has 3 nitrogen and oxygen atoms in total. The number of nitrogens with one attached hydrogen (secondary N) is 1. The van der Waals surface area contributed by atoms with Gasteiger partial charge >= 0.3 is 0 Å². The number of piperidine rings is 1. The molecule has 1 rings (SSSR count). The topological polar surface area (TPSA) is 32.3 Å². The van der Waals surface area contributed by atoms with Gasteiger partial charge in [-0.2, -0.15) is 0 Å². The second kappa shape index (κ2) is 7.49. The second-order valence-corrected chi connectivity index (χ2v) is 6.87. The summed E-state index contributed by atoms with van der Waals surface area (Å²) >= 11 is 0. The van der Waals surface area contributed by atoms with Crippen molar-refractivity contribution in [2.45, 2.75) is 45.7 Å². The van der Waals surface area contributed by atoms with Crippen LogP contribution in [0.25, 0.3) is 0 Å². The maximum Gasteiger partial charge on any atom is 0.0383 e. The molecule has 1 N–H and O–H groups in total. The summed E-state index contributed by atoms with van der Waals surface area (Å²) in [4.78, 5) is 2.54. The average molecular weight is 260 g/mol. The molecule has 4 unspecified atom stereocenters. The lowest BCUT2D eigenvalue weighted by Gasteiger charge is -2.36. The molecule has 4 atom stereocenters. The molecule has 0 saturated carbocycles. The normalized spacial score (nSPS) is 27.6. The van der Waals surface area contributed by atoms with Crippen molar-refractivity contribution in [1.82, 2.24) is 10.2 Å². The van der Waals surface area contributed by atoms with Gasteiger partial charge in [0.05, 0.1) is 0 Å². The van der Waals surface area contributed by atoms with Crippen LogP contribution in [-0.2, 0) is 10.8 Å². The summed E-state index contributed by atoms with van der Waals surface area (Å²) in [5.41, 5.74) is 0. The van der Waals surface area contributed by atoms with E-state index in [9.17, 15) is 4.21 Å². The van der Waals surface area contributed by atoms with Crippen molar-refractivity contribution in [3.8, 4) is 0 Å². The van der Waals surface area contributed by atoms with Crippen LogP contribution in [0.2, 0.25) is 0 Å². The van der Waals surface area contributed by atoms with Gasteiger partial charge in [0.2, 0.25) is 0 Å². The van der Waals surface area contributed by atoms with Crippen LogP contribution in [0.15, 0.2) is 0 Å². The summed E-state index contributed by atoms with van der Waals surface area (Å²) in [6.07, 6.45) is 4.42. The SMILES string of the molecule is CCN1CCCC(C(C)NC(C)CS(C)=O)C1. The monoisotopic (exact) mass is 260 g/mol. The van der Waals surface area contributed by atoms with Crippen LogP contribution in [0.5, 0.6) is 0 Å². The van der Waals surface area contributed by atoms with E-state index in [1.54, 1.807) is 6.26 Å². The highest BCUT2D eigenvalue weighted by Gasteiger charge is 2.24. The van der Waals surface area contributed by atoms with Gasteiger partial charge in [-0.25, -0.2) is 0 Å². The lowest BCUT2D eigenvalue weighted by Crippen LogP contribution is -2.47. The molecule has 1 aliphatic heterocycles. The molecule has 1 saturated heterocycles. The molecule has 4 heteroatoms. The fraction of sp³-hybridized carbons (Fsp3) is 1.00. The quantitative estimate of drug-likeness (QED) is 0.785. The molecular formula is C13H28N2OS. The minimum absolute atomic E-state index is 0.354. The Kier molecular flexibility index (Phi) is 6.67. The molecule has 0 amide bonds. The minimum atomic E-state index is -0.699. The first kappa shape index (κ1) is 15.1. The molecule has 0 aliphatic carbocycles. The molecular weight excluding hydrogens is 232 g/mol. The minimum Gasteiger partial charge on any atom is -0.311 e. The van der Waals surface area contributed by atoms with Gasteiger partial charge in [0, 0.05) is 41.4 Å². The first-order valence-corrected chi connectivity index (χ1v) is 8.54. The molecule has 17 heavy (non-hydrogen) atoms. The van der Waals surface area contributed by atoms with E-state index in [0.29, 0.717) is 12.1 Å². The zero-order valence-electron chi connectivity index (χ0n) is 11.7. The van der Waals surface area contributed by atoms with Gasteiger partial charge in [-0.15, -0.1) is 0 Å². The van der Waals surface area contributed by atoms with E-state index in [1.165, 1.54) is 25.9 Å². The van der Waals surface area contributed by atoms with E-state index in [0.717, 1.165) is 18.2 Å². The van der Waals surface area contributed by atoms with Crippen molar-refractivity contribution >= 4 is 10.8 Å². The first-order valence-electron chi connectivity index (χ1n) is 6.81. The Bertz CT molecular complexity index is 248. The van der Waals surface area contributed by atoms with Crippen molar-refractivity contribution in [1.29, 1.82) is 0 Å². The Morgan fingerprint density at radius 3 is 2.76 bits per heavy atom. The molecule has 102 valence electrons. The third kappa shape index (κ3) is 5.49. The predicted octanol–water partition coefficient (Wildman–Crippen LogP) is 1.46. The van der Waals surface area contributed by atoms with Crippen LogP contribution in [0, 0.1) is 5.92 Å². The fourth-order valence-electron chi connectivity index (χ4n) is 2.77. The van der Waals surface area contributed by atoms with E-state index in [1.807, 2.05) is 0 Å². The van der Waals surface area contributed by atoms with E-state index >= 15 is 0 Å². The van der Waals surface area contributed by atoms with Gasteiger partial charge in [0.1, 0.15) is 0 Å². The molecule has 0 spiro atoms. The van der Waals surface area contributed by atoms with E-state index < -0.39 is 10.8 Å². The molecule has 0 radical (unpaired) electrons. The summed E-state index contributed by atoms with van der Waals surface area (Å²) in [6, 6.07) is 0.885. The highest BCUT2D eigenvalue weighted by atomic mass is 32.2. The molecule has 1 aliphatic rings. The maximum atomic E-state index is 11.2. The first-order chi connectivity index (χ1) is 8.02. The van der Waals surface area contributed by atoms with Gasteiger partial charge in [-0.3, -0.25) is 4.21 Å². The molecule has 0 aromatic carbocycles. The standard InChI is InChI=1S/C13H28N2OS/c1-5-15-8-6-7-13(9-15)12(3)14-11(2)10-17(4)16/h11-14H,5-10H2,1-4H3. The van der Waals surface area contributed by atoms with Crippen LogP contribution in [-0.4, -0.2) is 52.8 Å². The van der Waals surface area contributed by atoms with Crippen molar-refractivity contribution in [2.24, 2.45) is 5.92 Å². The molecule has 1 heterocycles. The average Bonchev–Trinajstić information content (AvgIpc) is 2.27. The highest BCUT2D eigenvalue weighted by molar-refractivity contribution is 7.84. The van der Waals surface area contributed by atoms with Gasteiger partial charge in [-0.1, -0.05) is 6.92 Å². The van der Waals surface area contributed by atoms with Crippen molar-refractivity contribution in [3.05, 3.63) is 0 Å². The zero-order chi connectivity index (χ0) is 12.8. The third-order valence-electron chi connectivity index (χ3n) is 3.73. The van der Waals surface area contributed by atoms with Crippen LogP contribution < -0.4 is 5.32 Å². The van der Waals surface area contributed by atoms with Crippen molar-refractivity contribution < 1.29 is 4.21 Å². The van der Waals surface area contributed by atoms with Crippen LogP contribution in [0.1, 0.15) is 33.6 Å². The summed E-state index contributed by atoms with van der Waals surface area (Å²) in [5.74, 6) is 1.51. The van der Waals surface area contributed by atoms with Gasteiger partial charge in [-0.05, 0) is 45.7 Å². The van der Waals surface area contributed by atoms with E-state index in [-0.39, 0.29) is 0 Å². The Hall–Kier alpha value is 0.0700. The lowest BCUT2D eigenvalue weighted by atomic mass is 9.91. The second-order valence-electron chi connectivity index (χ2n) is 5.39. The fourth-order valence-corrected chi connectivity index (χ4v) is 3.57. The largest absolute Gasteiger partial charge is 0.311 e. The third-order valence-corrected chi connectivity index (χ3v) is 4.70. The summed E-state index contributed by atoms with van der Waals surface area (Å²) in [7, 11) is -0.699. The highest BCUT2D eigenvalue weighted by Crippen LogP contribution is 2.19. The van der Waals surface area contributed by atoms with E-state index in [4.69, 9.17) is 0 Å². The van der Waals surface area contributed by atoms with Crippen LogP contribution >= 0.6 is 0 Å². The van der Waals surface area contributed by atoms with Gasteiger partial charge in [0.15, 0.2) is 0 Å². The lowest BCUT2D eigenvalue weighted by molar-refractivity contribution is 0.154. The number of rotatable bonds is 6. The summed E-state index contributed by atoms with van der Waals surface area (Å²) in [5, 5.41) is 3.61. The van der Waals surface area contributed by atoms with Gasteiger partial charge < -0.3 is 10.2 Å². The number of nitrogens with zero attached hydrogens (tertiary/aromatic N) is 1. The zero-order valence-corrected chi connectivity index (χ0v) is 12.6. The molecule has 1 fully saturated rings. The number of likely N-dealkylation sites (tertiary alicyclic amines) is 1. The smallest absolute Gasteiger partial charge is 0.0383 e. The summed E-state index contributed by atoms with van der Waals surface area (Å²) in [6.45, 7) is 10.3. The van der Waals surface area contributed by atoms with Crippen molar-refractivity contribution in [2.75, 3.05) is 31.6 Å². The van der Waals surface area contributed by atoms with Crippen LogP contribution in [0.3, 0.4) is 0 Å². The van der Waals surface area contributed by atoms with Crippen LogP contribution in [0.4, 0.5) is 0 Å². The molecule has 0 bridgehead atoms. The Balaban J connectivity index is 2.35. The van der Waals surface area contributed by atoms with Gasteiger partial charge in [0.25, 0.3) is 0 Å². The molecule has 0 aromatic heterocycles. The number of hydrogen-bond donors (Lipinski definition) is 1. The van der Waals surface area contributed by atoms with E-state index in [2.05, 4.69) is 31.0 Å². The number of hydrogen-bond acceptors (Lipinski definition) is 3. The Morgan fingerprint density at radius 2 is 2.18 bits per heavy atom. The predicted molar refractivity (Wildman–Crippen MR) is 75.8 cm³/mol. The Morgan fingerprint density at radius 1 is 1.47 bits per heavy atom. The Labute approximate surface area is 109 Å². The summed E-state index contributed by atoms with van der Waals surface area (Å²) < 4.78 is 11.2. The molecule has 0 aromatic rings.